The molecule has 1 saturated carbocycles. The molecule has 5 nitrogen and oxygen atoms in total. The van der Waals surface area contributed by atoms with E-state index in [1.54, 1.807) is 6.26 Å². The van der Waals surface area contributed by atoms with Crippen molar-refractivity contribution in [3.63, 3.8) is 0 Å². The van der Waals surface area contributed by atoms with E-state index in [1.807, 2.05) is 6.92 Å². The van der Waals surface area contributed by atoms with Gasteiger partial charge >= 0.3 is 0 Å². The number of nitrogens with one attached hydrogen (secondary N) is 2. The van der Waals surface area contributed by atoms with Crippen LogP contribution >= 0.6 is 0 Å². The molecule has 1 aliphatic carbocycles. The molecule has 0 aliphatic heterocycles. The van der Waals surface area contributed by atoms with Crippen molar-refractivity contribution in [1.82, 2.24) is 9.97 Å². The van der Waals surface area contributed by atoms with Gasteiger partial charge in [-0.3, -0.25) is 4.21 Å². The van der Waals surface area contributed by atoms with Gasteiger partial charge in [-0.2, -0.15) is 0 Å². The van der Waals surface area contributed by atoms with Crippen LogP contribution in [0.4, 0.5) is 11.6 Å². The molecule has 1 heterocycles. The fourth-order valence-electron chi connectivity index (χ4n) is 1.96. The van der Waals surface area contributed by atoms with Gasteiger partial charge in [0.05, 0.1) is 0 Å². The van der Waals surface area contributed by atoms with E-state index in [4.69, 9.17) is 0 Å². The van der Waals surface area contributed by atoms with Crippen LogP contribution in [0.2, 0.25) is 0 Å². The van der Waals surface area contributed by atoms with Gasteiger partial charge in [-0.25, -0.2) is 9.97 Å². The summed E-state index contributed by atoms with van der Waals surface area (Å²) in [5.74, 6) is 3.92. The van der Waals surface area contributed by atoms with Crippen molar-refractivity contribution >= 4 is 22.4 Å². The van der Waals surface area contributed by atoms with E-state index in [0.717, 1.165) is 36.0 Å². The van der Waals surface area contributed by atoms with Crippen LogP contribution in [0, 0.1) is 6.92 Å². The van der Waals surface area contributed by atoms with Gasteiger partial charge in [0.1, 0.15) is 17.5 Å². The van der Waals surface area contributed by atoms with Gasteiger partial charge in [0.2, 0.25) is 0 Å². The Morgan fingerprint density at radius 3 is 2.30 bits per heavy atom. The summed E-state index contributed by atoms with van der Waals surface area (Å²) >= 11 is 0. The summed E-state index contributed by atoms with van der Waals surface area (Å²) in [6, 6.07) is 0. The third kappa shape index (κ3) is 4.16. The number of hydrogen-bond acceptors (Lipinski definition) is 5. The van der Waals surface area contributed by atoms with E-state index < -0.39 is 10.8 Å². The first-order valence-corrected chi connectivity index (χ1v) is 9.00. The van der Waals surface area contributed by atoms with Crippen molar-refractivity contribution in [3.8, 4) is 0 Å². The van der Waals surface area contributed by atoms with E-state index in [2.05, 4.69) is 27.5 Å². The van der Waals surface area contributed by atoms with Gasteiger partial charge in [-0.1, -0.05) is 6.92 Å². The minimum atomic E-state index is -0.779. The van der Waals surface area contributed by atoms with Gasteiger partial charge in [0.25, 0.3) is 0 Å². The molecule has 1 unspecified atom stereocenters. The number of aromatic nitrogens is 2. The largest absolute Gasteiger partial charge is 0.370 e. The summed E-state index contributed by atoms with van der Waals surface area (Å²) in [5.41, 5.74) is 1.05. The number of anilines is 2. The zero-order chi connectivity index (χ0) is 14.5. The molecular formula is C14H24N4OS. The molecule has 0 radical (unpaired) electrons. The molecule has 6 heteroatoms. The van der Waals surface area contributed by atoms with Gasteiger partial charge < -0.3 is 10.6 Å². The first kappa shape index (κ1) is 15.2. The maximum atomic E-state index is 11.1. The standard InChI is InChI=1S/C14H24N4OS/c1-4-7-15-12-10(2)13(16-8-9-20(3)19)18-14(17-12)11-5-6-11/h11H,4-9H2,1-3H3,(H2,15,16,17,18). The average Bonchev–Trinajstić information content (AvgIpc) is 3.23. The Kier molecular flexibility index (Phi) is 5.34. The lowest BCUT2D eigenvalue weighted by atomic mass is 10.2. The summed E-state index contributed by atoms with van der Waals surface area (Å²) in [5, 5.41) is 6.67. The quantitative estimate of drug-likeness (QED) is 0.770. The van der Waals surface area contributed by atoms with Crippen molar-refractivity contribution in [1.29, 1.82) is 0 Å². The lowest BCUT2D eigenvalue weighted by Crippen LogP contribution is -2.15. The van der Waals surface area contributed by atoms with Crippen LogP contribution in [-0.4, -0.2) is 39.3 Å². The maximum Gasteiger partial charge on any atom is 0.136 e. The van der Waals surface area contributed by atoms with Crippen LogP contribution < -0.4 is 10.6 Å². The molecule has 0 saturated heterocycles. The molecule has 2 N–H and O–H groups in total. The van der Waals surface area contributed by atoms with E-state index in [0.29, 0.717) is 18.2 Å². The van der Waals surface area contributed by atoms with Crippen molar-refractivity contribution in [2.45, 2.75) is 39.0 Å². The fraction of sp³-hybridized carbons (Fsp3) is 0.714. The van der Waals surface area contributed by atoms with E-state index >= 15 is 0 Å². The zero-order valence-electron chi connectivity index (χ0n) is 12.5. The lowest BCUT2D eigenvalue weighted by Gasteiger charge is -2.14. The van der Waals surface area contributed by atoms with Crippen molar-refractivity contribution in [2.75, 3.05) is 35.7 Å². The predicted octanol–water partition coefficient (Wildman–Crippen LogP) is 2.27. The van der Waals surface area contributed by atoms with Gasteiger partial charge in [-0.05, 0) is 26.2 Å². The molecule has 0 aromatic carbocycles. The Morgan fingerprint density at radius 2 is 1.80 bits per heavy atom. The molecular weight excluding hydrogens is 272 g/mol. The van der Waals surface area contributed by atoms with Gasteiger partial charge in [-0.15, -0.1) is 0 Å². The van der Waals surface area contributed by atoms with Crippen LogP contribution in [0.5, 0.6) is 0 Å². The smallest absolute Gasteiger partial charge is 0.136 e. The molecule has 1 aliphatic rings. The first-order chi connectivity index (χ1) is 9.61. The molecule has 0 spiro atoms. The molecule has 0 bridgehead atoms. The summed E-state index contributed by atoms with van der Waals surface area (Å²) in [7, 11) is -0.779. The Balaban J connectivity index is 2.14. The molecule has 1 atom stereocenters. The summed E-state index contributed by atoms with van der Waals surface area (Å²) < 4.78 is 11.1. The highest BCUT2D eigenvalue weighted by molar-refractivity contribution is 7.84. The second kappa shape index (κ2) is 7.02. The van der Waals surface area contributed by atoms with E-state index in [1.165, 1.54) is 12.8 Å². The van der Waals surface area contributed by atoms with Crippen molar-refractivity contribution in [2.24, 2.45) is 0 Å². The first-order valence-electron chi connectivity index (χ1n) is 7.28. The number of nitrogens with zero attached hydrogens (tertiary/aromatic N) is 2. The summed E-state index contributed by atoms with van der Waals surface area (Å²) in [6.45, 7) is 5.76. The maximum absolute atomic E-state index is 11.1. The normalized spacial score (nSPS) is 15.9. The molecule has 20 heavy (non-hydrogen) atoms. The second-order valence-corrected chi connectivity index (χ2v) is 6.86. The molecule has 2 rings (SSSR count). The highest BCUT2D eigenvalue weighted by atomic mass is 32.2. The topological polar surface area (TPSA) is 66.9 Å². The van der Waals surface area contributed by atoms with Crippen LogP contribution in [0.25, 0.3) is 0 Å². The van der Waals surface area contributed by atoms with Crippen molar-refractivity contribution in [3.05, 3.63) is 11.4 Å². The van der Waals surface area contributed by atoms with Gasteiger partial charge in [0.15, 0.2) is 0 Å². The molecule has 1 aromatic rings. The zero-order valence-corrected chi connectivity index (χ0v) is 13.3. The minimum Gasteiger partial charge on any atom is -0.370 e. The fourth-order valence-corrected chi connectivity index (χ4v) is 2.35. The number of hydrogen-bond donors (Lipinski definition) is 2. The Labute approximate surface area is 123 Å². The molecule has 112 valence electrons. The average molecular weight is 296 g/mol. The number of rotatable bonds is 8. The van der Waals surface area contributed by atoms with E-state index in [9.17, 15) is 4.21 Å². The van der Waals surface area contributed by atoms with Crippen molar-refractivity contribution < 1.29 is 4.21 Å². The van der Waals surface area contributed by atoms with Gasteiger partial charge in [0, 0.05) is 47.4 Å². The van der Waals surface area contributed by atoms with Crippen LogP contribution in [0.3, 0.4) is 0 Å². The monoisotopic (exact) mass is 296 g/mol. The van der Waals surface area contributed by atoms with Crippen LogP contribution in [-0.2, 0) is 10.8 Å². The SMILES string of the molecule is CCCNc1nc(C2CC2)nc(NCCS(C)=O)c1C. The third-order valence-corrected chi connectivity index (χ3v) is 4.11. The second-order valence-electron chi connectivity index (χ2n) is 5.31. The molecule has 0 amide bonds. The summed E-state index contributed by atoms with van der Waals surface area (Å²) in [6.07, 6.45) is 5.17. The Hall–Kier alpha value is -1.17. The molecule has 1 aromatic heterocycles. The highest BCUT2D eigenvalue weighted by Crippen LogP contribution is 2.39. The van der Waals surface area contributed by atoms with Crippen LogP contribution in [0.1, 0.15) is 43.5 Å². The van der Waals surface area contributed by atoms with Crippen LogP contribution in [0.15, 0.2) is 0 Å². The highest BCUT2D eigenvalue weighted by Gasteiger charge is 2.28. The third-order valence-electron chi connectivity index (χ3n) is 3.33. The Bertz CT molecular complexity index is 488. The lowest BCUT2D eigenvalue weighted by molar-refractivity contribution is 0.687. The molecule has 1 fully saturated rings. The van der Waals surface area contributed by atoms with E-state index in [-0.39, 0.29) is 0 Å². The predicted molar refractivity (Wildman–Crippen MR) is 84.9 cm³/mol. The summed E-state index contributed by atoms with van der Waals surface area (Å²) in [4.78, 5) is 9.29. The Morgan fingerprint density at radius 1 is 1.20 bits per heavy atom. The minimum absolute atomic E-state index is 0.527.